The molecular formula is C13H20N2O3S. The Hall–Kier alpha value is -1.40. The summed E-state index contributed by atoms with van der Waals surface area (Å²) in [7, 11) is -2.22. The molecule has 0 fully saturated rings. The molecule has 5 nitrogen and oxygen atoms in total. The summed E-state index contributed by atoms with van der Waals surface area (Å²) in [6.45, 7) is 2.68. The molecule has 0 bridgehead atoms. The second kappa shape index (κ2) is 6.68. The minimum atomic E-state index is -3.88. The fourth-order valence-electron chi connectivity index (χ4n) is 1.80. The molecule has 0 unspecified atom stereocenters. The summed E-state index contributed by atoms with van der Waals surface area (Å²) >= 11 is 0. The number of amides is 1. The fourth-order valence-corrected chi connectivity index (χ4v) is 2.53. The smallest absolute Gasteiger partial charge is 0.254 e. The first kappa shape index (κ1) is 15.7. The van der Waals surface area contributed by atoms with E-state index >= 15 is 0 Å². The van der Waals surface area contributed by atoms with Crippen LogP contribution >= 0.6 is 0 Å². The van der Waals surface area contributed by atoms with Crippen molar-refractivity contribution in [2.24, 2.45) is 5.14 Å². The Bertz CT molecular complexity index is 541. The lowest BCUT2D eigenvalue weighted by Crippen LogP contribution is -2.29. The normalized spacial score (nSPS) is 11.3. The van der Waals surface area contributed by atoms with Gasteiger partial charge < -0.3 is 4.90 Å². The maximum atomic E-state index is 12.2. The van der Waals surface area contributed by atoms with E-state index in [9.17, 15) is 13.2 Å². The molecule has 0 aliphatic carbocycles. The third-order valence-corrected chi connectivity index (χ3v) is 3.84. The van der Waals surface area contributed by atoms with Crippen LogP contribution in [0.3, 0.4) is 0 Å². The quantitative estimate of drug-likeness (QED) is 0.806. The number of rotatable bonds is 6. The van der Waals surface area contributed by atoms with Gasteiger partial charge in [0, 0.05) is 13.6 Å². The van der Waals surface area contributed by atoms with Crippen molar-refractivity contribution in [3.05, 3.63) is 29.8 Å². The summed E-state index contributed by atoms with van der Waals surface area (Å²) in [5, 5.41) is 5.12. The van der Waals surface area contributed by atoms with Gasteiger partial charge in [-0.15, -0.1) is 0 Å². The minimum Gasteiger partial charge on any atom is -0.342 e. The lowest BCUT2D eigenvalue weighted by molar-refractivity contribution is 0.0789. The zero-order chi connectivity index (χ0) is 14.5. The molecule has 0 radical (unpaired) electrons. The van der Waals surface area contributed by atoms with Crippen LogP contribution in [0.15, 0.2) is 29.2 Å². The molecule has 0 saturated carbocycles. The average molecular weight is 284 g/mol. The van der Waals surface area contributed by atoms with Gasteiger partial charge in [0.15, 0.2) is 0 Å². The third kappa shape index (κ3) is 4.33. The maximum Gasteiger partial charge on any atom is 0.254 e. The van der Waals surface area contributed by atoms with Gasteiger partial charge in [0.05, 0.1) is 10.5 Å². The van der Waals surface area contributed by atoms with Crippen LogP contribution in [-0.4, -0.2) is 32.8 Å². The highest BCUT2D eigenvalue weighted by Gasteiger charge is 2.20. The Morgan fingerprint density at radius 2 is 1.89 bits per heavy atom. The van der Waals surface area contributed by atoms with Gasteiger partial charge in [0.1, 0.15) is 0 Å². The van der Waals surface area contributed by atoms with Gasteiger partial charge in [0.25, 0.3) is 5.91 Å². The number of hydrogen-bond acceptors (Lipinski definition) is 3. The van der Waals surface area contributed by atoms with E-state index in [2.05, 4.69) is 6.92 Å². The van der Waals surface area contributed by atoms with Crippen molar-refractivity contribution in [2.75, 3.05) is 13.6 Å². The molecule has 1 rings (SSSR count). The second-order valence-corrected chi connectivity index (χ2v) is 6.00. The van der Waals surface area contributed by atoms with E-state index in [0.29, 0.717) is 6.54 Å². The number of unbranched alkanes of at least 4 members (excludes halogenated alkanes) is 2. The summed E-state index contributed by atoms with van der Waals surface area (Å²) < 4.78 is 22.9. The predicted molar refractivity (Wildman–Crippen MR) is 74.3 cm³/mol. The van der Waals surface area contributed by atoms with E-state index in [0.717, 1.165) is 19.3 Å². The lowest BCUT2D eigenvalue weighted by Gasteiger charge is -2.18. The molecule has 0 spiro atoms. The number of nitrogens with zero attached hydrogens (tertiary/aromatic N) is 1. The van der Waals surface area contributed by atoms with Crippen LogP contribution in [0.4, 0.5) is 0 Å². The van der Waals surface area contributed by atoms with E-state index in [1.165, 1.54) is 17.0 Å². The molecule has 1 amide bonds. The van der Waals surface area contributed by atoms with E-state index in [-0.39, 0.29) is 16.4 Å². The van der Waals surface area contributed by atoms with Gasteiger partial charge in [-0.05, 0) is 18.6 Å². The molecule has 0 aromatic heterocycles. The number of sulfonamides is 1. The summed E-state index contributed by atoms with van der Waals surface area (Å²) in [6, 6.07) is 6.01. The maximum absolute atomic E-state index is 12.2. The average Bonchev–Trinajstić information content (AvgIpc) is 2.37. The monoisotopic (exact) mass is 284 g/mol. The molecule has 1 aromatic carbocycles. The molecule has 0 aliphatic heterocycles. The molecular weight excluding hydrogens is 264 g/mol. The molecule has 0 heterocycles. The highest BCUT2D eigenvalue weighted by Crippen LogP contribution is 2.15. The van der Waals surface area contributed by atoms with Gasteiger partial charge in [0.2, 0.25) is 10.0 Å². The van der Waals surface area contributed by atoms with E-state index in [1.807, 2.05) is 0 Å². The molecule has 2 N–H and O–H groups in total. The third-order valence-electron chi connectivity index (χ3n) is 2.87. The van der Waals surface area contributed by atoms with Gasteiger partial charge in [-0.25, -0.2) is 13.6 Å². The summed E-state index contributed by atoms with van der Waals surface area (Å²) in [4.78, 5) is 13.6. The van der Waals surface area contributed by atoms with Crippen LogP contribution in [0, 0.1) is 0 Å². The van der Waals surface area contributed by atoms with Gasteiger partial charge >= 0.3 is 0 Å². The lowest BCUT2D eigenvalue weighted by atomic mass is 10.2. The Labute approximate surface area is 114 Å². The van der Waals surface area contributed by atoms with E-state index in [4.69, 9.17) is 5.14 Å². The first-order valence-corrected chi connectivity index (χ1v) is 7.80. The topological polar surface area (TPSA) is 80.5 Å². The Morgan fingerprint density at radius 1 is 1.26 bits per heavy atom. The Morgan fingerprint density at radius 3 is 2.47 bits per heavy atom. The number of hydrogen-bond donors (Lipinski definition) is 1. The highest BCUT2D eigenvalue weighted by molar-refractivity contribution is 7.89. The molecule has 6 heteroatoms. The highest BCUT2D eigenvalue weighted by atomic mass is 32.2. The predicted octanol–water partition coefficient (Wildman–Crippen LogP) is 1.60. The van der Waals surface area contributed by atoms with Crippen molar-refractivity contribution in [2.45, 2.75) is 31.1 Å². The number of carbonyl (C=O) groups is 1. The van der Waals surface area contributed by atoms with E-state index in [1.54, 1.807) is 19.2 Å². The molecule has 1 aromatic rings. The molecule has 0 saturated heterocycles. The number of carbonyl (C=O) groups excluding carboxylic acids is 1. The number of benzene rings is 1. The molecule has 0 atom stereocenters. The van der Waals surface area contributed by atoms with Crippen LogP contribution in [-0.2, 0) is 10.0 Å². The van der Waals surface area contributed by atoms with Crippen LogP contribution in [0.2, 0.25) is 0 Å². The molecule has 0 aliphatic rings. The Balaban J connectivity index is 2.94. The van der Waals surface area contributed by atoms with Crippen molar-refractivity contribution < 1.29 is 13.2 Å². The van der Waals surface area contributed by atoms with Crippen molar-refractivity contribution in [3.8, 4) is 0 Å². The SMILES string of the molecule is CCCCCN(C)C(=O)c1ccccc1S(N)(=O)=O. The first-order valence-electron chi connectivity index (χ1n) is 6.25. The fraction of sp³-hybridized carbons (Fsp3) is 0.462. The summed E-state index contributed by atoms with van der Waals surface area (Å²) in [6.07, 6.45) is 3.00. The number of nitrogens with two attached hydrogens (primary N) is 1. The molecule has 106 valence electrons. The Kier molecular flexibility index (Phi) is 5.50. The van der Waals surface area contributed by atoms with Crippen molar-refractivity contribution in [3.63, 3.8) is 0 Å². The van der Waals surface area contributed by atoms with Crippen LogP contribution in [0.1, 0.15) is 36.5 Å². The van der Waals surface area contributed by atoms with Crippen molar-refractivity contribution >= 4 is 15.9 Å². The van der Waals surface area contributed by atoms with Crippen LogP contribution in [0.25, 0.3) is 0 Å². The number of primary sulfonamides is 1. The summed E-state index contributed by atoms with van der Waals surface area (Å²) in [5.74, 6) is -0.319. The minimum absolute atomic E-state index is 0.123. The zero-order valence-corrected chi connectivity index (χ0v) is 12.1. The van der Waals surface area contributed by atoms with E-state index < -0.39 is 10.0 Å². The van der Waals surface area contributed by atoms with Crippen molar-refractivity contribution in [1.82, 2.24) is 4.90 Å². The standard InChI is InChI=1S/C13H20N2O3S/c1-3-4-7-10-15(2)13(16)11-8-5-6-9-12(11)19(14,17)18/h5-6,8-9H,3-4,7,10H2,1-2H3,(H2,14,17,18). The van der Waals surface area contributed by atoms with Gasteiger partial charge in [-0.1, -0.05) is 31.9 Å². The van der Waals surface area contributed by atoms with Gasteiger partial charge in [-0.3, -0.25) is 4.79 Å². The van der Waals surface area contributed by atoms with Crippen LogP contribution < -0.4 is 5.14 Å². The second-order valence-electron chi connectivity index (χ2n) is 4.47. The zero-order valence-electron chi connectivity index (χ0n) is 11.3. The van der Waals surface area contributed by atoms with Gasteiger partial charge in [-0.2, -0.15) is 0 Å². The largest absolute Gasteiger partial charge is 0.342 e. The first-order chi connectivity index (χ1) is 8.88. The summed E-state index contributed by atoms with van der Waals surface area (Å²) in [5.41, 5.74) is 0.129. The van der Waals surface area contributed by atoms with Crippen molar-refractivity contribution in [1.29, 1.82) is 0 Å². The molecule has 19 heavy (non-hydrogen) atoms. The van der Waals surface area contributed by atoms with Crippen LogP contribution in [0.5, 0.6) is 0 Å².